The highest BCUT2D eigenvalue weighted by molar-refractivity contribution is 7.94. The number of hydrogen-bond donors (Lipinski definition) is 3. The quantitative estimate of drug-likeness (QED) is 0.530. The molecule has 0 atom stereocenters. The number of aromatic nitrogens is 2. The summed E-state index contributed by atoms with van der Waals surface area (Å²) in [7, 11) is -3.72. The monoisotopic (exact) mass is 432 g/mol. The van der Waals surface area contributed by atoms with Gasteiger partial charge in [-0.1, -0.05) is 39.0 Å². The maximum absolute atomic E-state index is 12.9. The molecule has 2 aromatic heterocycles. The molecule has 3 rings (SSSR count). The van der Waals surface area contributed by atoms with Crippen LogP contribution in [0.15, 0.2) is 53.0 Å². The Balaban J connectivity index is 1.70. The molecule has 1 aromatic carbocycles. The van der Waals surface area contributed by atoms with E-state index >= 15 is 0 Å². The van der Waals surface area contributed by atoms with Gasteiger partial charge in [0, 0.05) is 34.2 Å². The van der Waals surface area contributed by atoms with E-state index in [1.54, 1.807) is 36.7 Å². The third-order valence-electron chi connectivity index (χ3n) is 4.22. The van der Waals surface area contributed by atoms with Gasteiger partial charge in [0.15, 0.2) is 0 Å². The molecule has 1 amide bonds. The largest absolute Gasteiger partial charge is 0.355 e. The molecule has 0 fully saturated rings. The number of sulfonamides is 1. The van der Waals surface area contributed by atoms with Gasteiger partial charge in [-0.3, -0.25) is 14.6 Å². The van der Waals surface area contributed by atoms with Gasteiger partial charge < -0.3 is 5.32 Å². The van der Waals surface area contributed by atoms with Crippen molar-refractivity contribution < 1.29 is 13.2 Å². The van der Waals surface area contributed by atoms with Crippen LogP contribution in [-0.4, -0.2) is 31.1 Å². The van der Waals surface area contributed by atoms with Crippen molar-refractivity contribution in [1.82, 2.24) is 15.5 Å². The van der Waals surface area contributed by atoms with Gasteiger partial charge in [-0.2, -0.15) is 5.10 Å². The molecule has 0 spiro atoms. The number of hydrogen-bond acceptors (Lipinski definition) is 5. The SMILES string of the molecule is CC(C)(C)C(=O)NCCc1ccc(S(=O)(=O)Nc2ccccc2-c2cn[nH]c2)s1. The highest BCUT2D eigenvalue weighted by Gasteiger charge is 2.21. The standard InChI is InChI=1S/C20H24N4O3S2/c1-20(2,3)19(25)21-11-10-15-8-9-18(28-15)29(26,27)24-17-7-5-4-6-16(17)14-12-22-23-13-14/h4-9,12-13,24H,10-11H2,1-3H3,(H,21,25)(H,22,23). The number of anilines is 1. The van der Waals surface area contributed by atoms with Gasteiger partial charge in [-0.15, -0.1) is 11.3 Å². The van der Waals surface area contributed by atoms with E-state index in [1.807, 2.05) is 32.9 Å². The van der Waals surface area contributed by atoms with E-state index in [1.165, 1.54) is 11.3 Å². The minimum Gasteiger partial charge on any atom is -0.355 e. The van der Waals surface area contributed by atoms with Crippen LogP contribution in [0.3, 0.4) is 0 Å². The normalized spacial score (nSPS) is 12.0. The summed E-state index contributed by atoms with van der Waals surface area (Å²) in [6.07, 6.45) is 3.93. The molecule has 7 nitrogen and oxygen atoms in total. The maximum atomic E-state index is 12.9. The Hall–Kier alpha value is -2.65. The van der Waals surface area contributed by atoms with Gasteiger partial charge in [-0.25, -0.2) is 8.42 Å². The summed E-state index contributed by atoms with van der Waals surface area (Å²) in [5.74, 6) is -0.0283. The Kier molecular flexibility index (Phi) is 6.09. The number of nitrogens with one attached hydrogen (secondary N) is 3. The Morgan fingerprint density at radius 3 is 2.62 bits per heavy atom. The summed E-state index contributed by atoms with van der Waals surface area (Å²) in [4.78, 5) is 12.8. The van der Waals surface area contributed by atoms with Crippen LogP contribution < -0.4 is 10.0 Å². The number of para-hydroxylation sites is 1. The van der Waals surface area contributed by atoms with Gasteiger partial charge in [0.05, 0.1) is 11.9 Å². The average Bonchev–Trinajstić information content (AvgIpc) is 3.33. The van der Waals surface area contributed by atoms with Crippen molar-refractivity contribution in [2.24, 2.45) is 5.41 Å². The molecule has 0 aliphatic rings. The van der Waals surface area contributed by atoms with Gasteiger partial charge in [0.2, 0.25) is 5.91 Å². The number of nitrogens with zero attached hydrogens (tertiary/aromatic N) is 1. The number of amides is 1. The van der Waals surface area contributed by atoms with E-state index < -0.39 is 15.4 Å². The first kappa shape index (κ1) is 21.1. The van der Waals surface area contributed by atoms with Gasteiger partial charge >= 0.3 is 0 Å². The molecule has 0 saturated carbocycles. The minimum atomic E-state index is -3.72. The van der Waals surface area contributed by atoms with Crippen LogP contribution in [0.1, 0.15) is 25.6 Å². The van der Waals surface area contributed by atoms with Crippen LogP contribution in [0.2, 0.25) is 0 Å². The molecule has 0 bridgehead atoms. The zero-order valence-corrected chi connectivity index (χ0v) is 18.2. The summed E-state index contributed by atoms with van der Waals surface area (Å²) in [5.41, 5.74) is 1.58. The van der Waals surface area contributed by atoms with Crippen LogP contribution >= 0.6 is 11.3 Å². The molecule has 0 radical (unpaired) electrons. The predicted molar refractivity (Wildman–Crippen MR) is 115 cm³/mol. The molecule has 2 heterocycles. The Morgan fingerprint density at radius 2 is 1.93 bits per heavy atom. The third kappa shape index (κ3) is 5.24. The van der Waals surface area contributed by atoms with Crippen LogP contribution in [-0.2, 0) is 21.2 Å². The van der Waals surface area contributed by atoms with E-state index in [-0.39, 0.29) is 10.1 Å². The molecule has 0 unspecified atom stereocenters. The summed E-state index contributed by atoms with van der Waals surface area (Å²) in [6.45, 7) is 6.02. The van der Waals surface area contributed by atoms with Gasteiger partial charge in [0.1, 0.15) is 4.21 Å². The first-order valence-corrected chi connectivity index (χ1v) is 11.4. The molecule has 9 heteroatoms. The Morgan fingerprint density at radius 1 is 1.17 bits per heavy atom. The molecule has 0 aliphatic carbocycles. The number of carbonyl (C=O) groups is 1. The molecule has 0 aliphatic heterocycles. The van der Waals surface area contributed by atoms with Crippen molar-refractivity contribution in [2.45, 2.75) is 31.4 Å². The second-order valence-electron chi connectivity index (χ2n) is 7.61. The lowest BCUT2D eigenvalue weighted by Crippen LogP contribution is -2.35. The zero-order valence-electron chi connectivity index (χ0n) is 16.5. The van der Waals surface area contributed by atoms with E-state index in [9.17, 15) is 13.2 Å². The molecule has 29 heavy (non-hydrogen) atoms. The number of carbonyl (C=O) groups excluding carboxylic acids is 1. The highest BCUT2D eigenvalue weighted by atomic mass is 32.2. The van der Waals surface area contributed by atoms with Crippen LogP contribution in [0.25, 0.3) is 11.1 Å². The van der Waals surface area contributed by atoms with Crippen molar-refractivity contribution in [3.8, 4) is 11.1 Å². The van der Waals surface area contributed by atoms with Crippen molar-refractivity contribution in [3.05, 3.63) is 53.7 Å². The van der Waals surface area contributed by atoms with Crippen LogP contribution in [0.4, 0.5) is 5.69 Å². The predicted octanol–water partition coefficient (Wildman–Crippen LogP) is 3.64. The third-order valence-corrected chi connectivity index (χ3v) is 7.22. The van der Waals surface area contributed by atoms with Gasteiger partial charge in [0.25, 0.3) is 10.0 Å². The highest BCUT2D eigenvalue weighted by Crippen LogP contribution is 2.30. The number of rotatable bonds is 7. The fourth-order valence-electron chi connectivity index (χ4n) is 2.62. The second-order valence-corrected chi connectivity index (χ2v) is 10.7. The summed E-state index contributed by atoms with van der Waals surface area (Å²) >= 11 is 1.20. The van der Waals surface area contributed by atoms with E-state index in [2.05, 4.69) is 20.2 Å². The number of H-pyrrole nitrogens is 1. The summed E-state index contributed by atoms with van der Waals surface area (Å²) in [6, 6.07) is 10.5. The lowest BCUT2D eigenvalue weighted by Gasteiger charge is -2.17. The molecular weight excluding hydrogens is 408 g/mol. The number of benzene rings is 1. The lowest BCUT2D eigenvalue weighted by molar-refractivity contribution is -0.128. The van der Waals surface area contributed by atoms with Crippen molar-refractivity contribution in [3.63, 3.8) is 0 Å². The molecule has 3 aromatic rings. The fraction of sp³-hybridized carbons (Fsp3) is 0.300. The van der Waals surface area contributed by atoms with E-state index in [0.29, 0.717) is 18.7 Å². The van der Waals surface area contributed by atoms with Crippen LogP contribution in [0, 0.1) is 5.41 Å². The number of thiophene rings is 1. The Labute approximate surface area is 174 Å². The summed E-state index contributed by atoms with van der Waals surface area (Å²) in [5, 5.41) is 9.53. The first-order valence-electron chi connectivity index (χ1n) is 9.15. The van der Waals surface area contributed by atoms with Crippen LogP contribution in [0.5, 0.6) is 0 Å². The molecule has 0 saturated heterocycles. The van der Waals surface area contributed by atoms with E-state index in [4.69, 9.17) is 0 Å². The molecule has 154 valence electrons. The average molecular weight is 433 g/mol. The molecular formula is C20H24N4O3S2. The minimum absolute atomic E-state index is 0.0283. The van der Waals surface area contributed by atoms with Crippen molar-refractivity contribution >= 4 is 33.0 Å². The van der Waals surface area contributed by atoms with Gasteiger partial charge in [-0.05, 0) is 24.6 Å². The molecule has 3 N–H and O–H groups in total. The van der Waals surface area contributed by atoms with Crippen molar-refractivity contribution in [1.29, 1.82) is 0 Å². The topological polar surface area (TPSA) is 104 Å². The Bertz CT molecular complexity index is 1080. The zero-order chi connectivity index (χ0) is 21.1. The number of aromatic amines is 1. The van der Waals surface area contributed by atoms with Crippen molar-refractivity contribution in [2.75, 3.05) is 11.3 Å². The fourth-order valence-corrected chi connectivity index (χ4v) is 5.05. The summed E-state index contributed by atoms with van der Waals surface area (Å²) < 4.78 is 28.6. The second kappa shape index (κ2) is 8.38. The lowest BCUT2D eigenvalue weighted by atomic mass is 9.96. The first-order chi connectivity index (χ1) is 13.7. The smallest absolute Gasteiger partial charge is 0.271 e. The maximum Gasteiger partial charge on any atom is 0.271 e. The van der Waals surface area contributed by atoms with E-state index in [0.717, 1.165) is 16.0 Å².